The minimum atomic E-state index is -0.569. The lowest BCUT2D eigenvalue weighted by Gasteiger charge is -2.03. The number of rotatable bonds is 3. The standard InChI is InChI=1S/C5H8N2O2/c1-4(9-8-2)5(7)3-6/h4,7H,1-2H3. The molecule has 1 N–H and O–H groups in total. The van der Waals surface area contributed by atoms with E-state index in [2.05, 4.69) is 9.78 Å². The van der Waals surface area contributed by atoms with Crippen molar-refractivity contribution in [3.05, 3.63) is 0 Å². The lowest BCUT2D eigenvalue weighted by molar-refractivity contribution is -0.284. The van der Waals surface area contributed by atoms with E-state index in [0.717, 1.165) is 0 Å². The fourth-order valence-corrected chi connectivity index (χ4v) is 0.283. The third kappa shape index (κ3) is 2.80. The van der Waals surface area contributed by atoms with Crippen LogP contribution in [0.25, 0.3) is 0 Å². The summed E-state index contributed by atoms with van der Waals surface area (Å²) in [4.78, 5) is 8.68. The molecule has 0 saturated carbocycles. The van der Waals surface area contributed by atoms with E-state index < -0.39 is 6.10 Å². The highest BCUT2D eigenvalue weighted by Gasteiger charge is 2.07. The Morgan fingerprint density at radius 2 is 2.33 bits per heavy atom. The normalized spacial score (nSPS) is 12.1. The maximum absolute atomic E-state index is 8.12. The van der Waals surface area contributed by atoms with Gasteiger partial charge >= 0.3 is 0 Å². The molecule has 1 unspecified atom stereocenters. The first-order valence-electron chi connectivity index (χ1n) is 2.40. The maximum Gasteiger partial charge on any atom is 0.141 e. The van der Waals surface area contributed by atoms with E-state index >= 15 is 0 Å². The number of hydrogen-bond donors (Lipinski definition) is 1. The zero-order chi connectivity index (χ0) is 7.28. The van der Waals surface area contributed by atoms with Crippen LogP contribution in [0.5, 0.6) is 0 Å². The molecule has 0 aliphatic rings. The largest absolute Gasteiger partial charge is 0.292 e. The third-order valence-electron chi connectivity index (χ3n) is 0.768. The van der Waals surface area contributed by atoms with E-state index in [1.54, 1.807) is 13.0 Å². The molecule has 0 fully saturated rings. The summed E-state index contributed by atoms with van der Waals surface area (Å²) in [5.74, 6) is 0. The molecule has 0 aliphatic heterocycles. The van der Waals surface area contributed by atoms with Crippen molar-refractivity contribution >= 4 is 5.71 Å². The highest BCUT2D eigenvalue weighted by atomic mass is 17.2. The van der Waals surface area contributed by atoms with Gasteiger partial charge in [-0.3, -0.25) is 5.41 Å². The lowest BCUT2D eigenvalue weighted by Crippen LogP contribution is -2.17. The lowest BCUT2D eigenvalue weighted by atomic mass is 10.3. The Labute approximate surface area is 53.4 Å². The number of nitriles is 1. The van der Waals surface area contributed by atoms with Crippen LogP contribution >= 0.6 is 0 Å². The van der Waals surface area contributed by atoms with Crippen LogP contribution in [0, 0.1) is 16.7 Å². The van der Waals surface area contributed by atoms with Crippen LogP contribution in [0.15, 0.2) is 0 Å². The van der Waals surface area contributed by atoms with Crippen LogP contribution in [0.2, 0.25) is 0 Å². The molecule has 50 valence electrons. The molecule has 9 heavy (non-hydrogen) atoms. The summed E-state index contributed by atoms with van der Waals surface area (Å²) in [6.07, 6.45) is -0.569. The van der Waals surface area contributed by atoms with Gasteiger partial charge in [0.05, 0.1) is 7.11 Å². The molecule has 0 aromatic carbocycles. The molecule has 0 aromatic heterocycles. The Morgan fingerprint density at radius 3 is 2.67 bits per heavy atom. The molecule has 0 spiro atoms. The van der Waals surface area contributed by atoms with Crippen molar-refractivity contribution in [2.24, 2.45) is 0 Å². The maximum atomic E-state index is 8.12. The summed E-state index contributed by atoms with van der Waals surface area (Å²) in [5, 5.41) is 15.0. The third-order valence-corrected chi connectivity index (χ3v) is 0.768. The van der Waals surface area contributed by atoms with Crippen LogP contribution in [-0.4, -0.2) is 18.9 Å². The predicted octanol–water partition coefficient (Wildman–Crippen LogP) is 0.496. The Morgan fingerprint density at radius 1 is 1.78 bits per heavy atom. The van der Waals surface area contributed by atoms with Crippen molar-refractivity contribution in [1.82, 2.24) is 0 Å². The summed E-state index contributed by atoms with van der Waals surface area (Å²) >= 11 is 0. The van der Waals surface area contributed by atoms with Gasteiger partial charge in [0, 0.05) is 0 Å². The van der Waals surface area contributed by atoms with Crippen LogP contribution in [-0.2, 0) is 9.78 Å². The van der Waals surface area contributed by atoms with E-state index in [0.29, 0.717) is 0 Å². The summed E-state index contributed by atoms with van der Waals surface area (Å²) in [6, 6.07) is 1.63. The Balaban J connectivity index is 3.62. The molecular weight excluding hydrogens is 120 g/mol. The fourth-order valence-electron chi connectivity index (χ4n) is 0.283. The average molecular weight is 128 g/mol. The van der Waals surface area contributed by atoms with Crippen molar-refractivity contribution in [2.75, 3.05) is 7.11 Å². The monoisotopic (exact) mass is 128 g/mol. The van der Waals surface area contributed by atoms with Crippen LogP contribution < -0.4 is 0 Å². The van der Waals surface area contributed by atoms with E-state index in [9.17, 15) is 0 Å². The van der Waals surface area contributed by atoms with Crippen molar-refractivity contribution in [3.63, 3.8) is 0 Å². The quantitative estimate of drug-likeness (QED) is 0.342. The second kappa shape index (κ2) is 4.01. The van der Waals surface area contributed by atoms with Gasteiger partial charge in [0.1, 0.15) is 17.9 Å². The van der Waals surface area contributed by atoms with Crippen molar-refractivity contribution in [2.45, 2.75) is 13.0 Å². The first kappa shape index (κ1) is 8.08. The Kier molecular flexibility index (Phi) is 3.60. The second-order valence-corrected chi connectivity index (χ2v) is 1.43. The molecule has 1 atom stereocenters. The van der Waals surface area contributed by atoms with E-state index in [1.165, 1.54) is 7.11 Å². The van der Waals surface area contributed by atoms with E-state index in [4.69, 9.17) is 10.7 Å². The summed E-state index contributed by atoms with van der Waals surface area (Å²) in [7, 11) is 1.33. The van der Waals surface area contributed by atoms with Gasteiger partial charge in [-0.25, -0.2) is 9.78 Å². The van der Waals surface area contributed by atoms with Crippen LogP contribution in [0.1, 0.15) is 6.92 Å². The number of nitrogens with one attached hydrogen (secondary N) is 1. The average Bonchev–Trinajstić information content (AvgIpc) is 1.87. The SMILES string of the molecule is COOC(C)C(=N)C#N. The van der Waals surface area contributed by atoms with Crippen molar-refractivity contribution in [1.29, 1.82) is 10.7 Å². The molecule has 0 amide bonds. The highest BCUT2D eigenvalue weighted by Crippen LogP contribution is 1.90. The Hall–Kier alpha value is -0.920. The molecule has 0 saturated heterocycles. The van der Waals surface area contributed by atoms with Gasteiger partial charge in [-0.1, -0.05) is 0 Å². The molecule has 0 radical (unpaired) electrons. The van der Waals surface area contributed by atoms with Crippen LogP contribution in [0.4, 0.5) is 0 Å². The summed E-state index contributed by atoms with van der Waals surface area (Å²) < 4.78 is 0. The van der Waals surface area contributed by atoms with Gasteiger partial charge in [-0.2, -0.15) is 5.26 Å². The topological polar surface area (TPSA) is 66.1 Å². The van der Waals surface area contributed by atoms with Crippen LogP contribution in [0.3, 0.4) is 0 Å². The minimum absolute atomic E-state index is 0.142. The van der Waals surface area contributed by atoms with Gasteiger partial charge in [-0.15, -0.1) is 0 Å². The number of hydrogen-bond acceptors (Lipinski definition) is 4. The van der Waals surface area contributed by atoms with Gasteiger partial charge in [-0.05, 0) is 6.92 Å². The second-order valence-electron chi connectivity index (χ2n) is 1.43. The zero-order valence-corrected chi connectivity index (χ0v) is 5.34. The molecule has 0 heterocycles. The predicted molar refractivity (Wildman–Crippen MR) is 30.9 cm³/mol. The van der Waals surface area contributed by atoms with Gasteiger partial charge in [0.2, 0.25) is 0 Å². The van der Waals surface area contributed by atoms with Gasteiger partial charge in [0.15, 0.2) is 0 Å². The first-order chi connectivity index (χ1) is 4.22. The Bertz CT molecular complexity index is 138. The smallest absolute Gasteiger partial charge is 0.141 e. The molecule has 0 bridgehead atoms. The molecule has 0 aliphatic carbocycles. The molecule has 0 rings (SSSR count). The first-order valence-corrected chi connectivity index (χ1v) is 2.40. The van der Waals surface area contributed by atoms with Crippen molar-refractivity contribution < 1.29 is 9.78 Å². The minimum Gasteiger partial charge on any atom is -0.292 e. The van der Waals surface area contributed by atoms with Gasteiger partial charge < -0.3 is 0 Å². The molecular formula is C5H8N2O2. The molecule has 0 aromatic rings. The zero-order valence-electron chi connectivity index (χ0n) is 5.34. The van der Waals surface area contributed by atoms with Gasteiger partial charge in [0.25, 0.3) is 0 Å². The molecule has 4 heteroatoms. The molecule has 4 nitrogen and oxygen atoms in total. The van der Waals surface area contributed by atoms with E-state index in [1.807, 2.05) is 0 Å². The number of nitrogens with zero attached hydrogens (tertiary/aromatic N) is 1. The summed E-state index contributed by atoms with van der Waals surface area (Å²) in [5.41, 5.74) is -0.142. The fraction of sp³-hybridized carbons (Fsp3) is 0.600. The van der Waals surface area contributed by atoms with E-state index in [-0.39, 0.29) is 5.71 Å². The van der Waals surface area contributed by atoms with Crippen molar-refractivity contribution in [3.8, 4) is 6.07 Å². The summed E-state index contributed by atoms with van der Waals surface area (Å²) in [6.45, 7) is 1.56. The highest BCUT2D eigenvalue weighted by molar-refractivity contribution is 5.99.